The van der Waals surface area contributed by atoms with E-state index in [1.807, 2.05) is 10.7 Å². The van der Waals surface area contributed by atoms with E-state index in [1.165, 1.54) is 13.2 Å². The largest absolute Gasteiger partial charge is 0.493 e. The Balaban J connectivity index is 1.67. The maximum absolute atomic E-state index is 12.8. The van der Waals surface area contributed by atoms with Crippen molar-refractivity contribution in [3.63, 3.8) is 0 Å². The van der Waals surface area contributed by atoms with Crippen molar-refractivity contribution in [3.05, 3.63) is 45.7 Å². The van der Waals surface area contributed by atoms with Crippen LogP contribution in [0.1, 0.15) is 48.7 Å². The molecule has 2 aromatic rings. The van der Waals surface area contributed by atoms with Gasteiger partial charge in [0.25, 0.3) is 0 Å². The minimum Gasteiger partial charge on any atom is -0.493 e. The van der Waals surface area contributed by atoms with Gasteiger partial charge in [-0.05, 0) is 44.4 Å². The smallest absolute Gasteiger partial charge is 0.343 e. The SMILES string of the molecule is COC(=O)c1cn2c(cc1=O)-c1cc(OC)c(OCC3COC3)cc1[C@H]1CCC(C)(C)N12. The number of carbonyl (C=O) groups excluding carboxylic acids is 1. The minimum atomic E-state index is -0.633. The first kappa shape index (κ1) is 20.9. The molecule has 1 aromatic heterocycles. The third-order valence-corrected chi connectivity index (χ3v) is 6.77. The van der Waals surface area contributed by atoms with Crippen LogP contribution >= 0.6 is 0 Å². The van der Waals surface area contributed by atoms with Gasteiger partial charge in [-0.15, -0.1) is 0 Å². The van der Waals surface area contributed by atoms with E-state index in [1.54, 1.807) is 13.3 Å². The highest BCUT2D eigenvalue weighted by atomic mass is 16.5. The van der Waals surface area contributed by atoms with Crippen molar-refractivity contribution in [2.24, 2.45) is 5.92 Å². The fourth-order valence-electron chi connectivity index (χ4n) is 4.98. The molecular formula is C24H28N2O6. The normalized spacial score (nSPS) is 20.6. The van der Waals surface area contributed by atoms with Crippen LogP contribution in [0.2, 0.25) is 0 Å². The van der Waals surface area contributed by atoms with E-state index in [0.717, 1.165) is 42.9 Å². The van der Waals surface area contributed by atoms with E-state index in [4.69, 9.17) is 18.9 Å². The molecule has 2 saturated heterocycles. The van der Waals surface area contributed by atoms with Crippen LogP contribution in [0, 0.1) is 5.92 Å². The second-order valence-corrected chi connectivity index (χ2v) is 9.29. The fraction of sp³-hybridized carbons (Fsp3) is 0.500. The number of fused-ring (bicyclic) bond motifs is 6. The monoisotopic (exact) mass is 440 g/mol. The maximum atomic E-state index is 12.8. The standard InChI is InChI=1S/C24H28N2O6/c1-24(2)6-5-18-15-8-22(32-13-14-11-31-12-14)21(29-3)7-16(15)19-9-20(27)17(23(28)30-4)10-25(19)26(18)24/h7-10,14,18H,5-6,11-13H2,1-4H3/t18-/m1/s1. The van der Waals surface area contributed by atoms with Gasteiger partial charge >= 0.3 is 5.97 Å². The van der Waals surface area contributed by atoms with E-state index >= 15 is 0 Å². The summed E-state index contributed by atoms with van der Waals surface area (Å²) in [6.45, 7) is 6.37. The number of aromatic nitrogens is 1. The number of esters is 1. The highest BCUT2D eigenvalue weighted by molar-refractivity contribution is 5.89. The molecule has 0 radical (unpaired) electrons. The molecule has 8 heteroatoms. The van der Waals surface area contributed by atoms with Crippen molar-refractivity contribution in [3.8, 4) is 22.8 Å². The van der Waals surface area contributed by atoms with Crippen LogP contribution in [-0.4, -0.2) is 50.2 Å². The Morgan fingerprint density at radius 3 is 2.62 bits per heavy atom. The summed E-state index contributed by atoms with van der Waals surface area (Å²) in [5, 5.41) is 2.26. The second kappa shape index (κ2) is 7.55. The molecule has 0 spiro atoms. The Bertz CT molecular complexity index is 1130. The first-order valence-electron chi connectivity index (χ1n) is 10.9. The Labute approximate surface area is 186 Å². The summed E-state index contributed by atoms with van der Waals surface area (Å²) < 4.78 is 23.8. The summed E-state index contributed by atoms with van der Waals surface area (Å²) >= 11 is 0. The summed E-state index contributed by atoms with van der Waals surface area (Å²) in [6.07, 6.45) is 3.53. The highest BCUT2D eigenvalue weighted by Crippen LogP contribution is 2.50. The van der Waals surface area contributed by atoms with Gasteiger partial charge in [-0.25, -0.2) is 4.79 Å². The van der Waals surface area contributed by atoms with E-state index in [2.05, 4.69) is 24.9 Å². The van der Waals surface area contributed by atoms with Crippen molar-refractivity contribution in [1.82, 2.24) is 4.68 Å². The summed E-state index contributed by atoms with van der Waals surface area (Å²) in [5.74, 6) is 1.08. The van der Waals surface area contributed by atoms with Gasteiger partial charge in [0.05, 0.1) is 51.3 Å². The number of hydrogen-bond acceptors (Lipinski definition) is 7. The Morgan fingerprint density at radius 1 is 1.19 bits per heavy atom. The van der Waals surface area contributed by atoms with Gasteiger partial charge in [0.1, 0.15) is 5.56 Å². The third-order valence-electron chi connectivity index (χ3n) is 6.77. The van der Waals surface area contributed by atoms with Gasteiger partial charge in [-0.1, -0.05) is 0 Å². The average Bonchev–Trinajstić information content (AvgIpc) is 3.06. The number of ether oxygens (including phenoxy) is 4. The number of nitrogens with zero attached hydrogens (tertiary/aromatic N) is 2. The van der Waals surface area contributed by atoms with Gasteiger partial charge in [0.2, 0.25) is 0 Å². The molecule has 1 atom stereocenters. The first-order chi connectivity index (χ1) is 15.3. The lowest BCUT2D eigenvalue weighted by molar-refractivity contribution is -0.0511. The molecule has 0 N–H and O–H groups in total. The number of pyridine rings is 1. The molecule has 4 heterocycles. The van der Waals surface area contributed by atoms with Gasteiger partial charge < -0.3 is 18.9 Å². The predicted octanol–water partition coefficient (Wildman–Crippen LogP) is 2.90. The summed E-state index contributed by atoms with van der Waals surface area (Å²) in [5.41, 5.74) is 2.23. The molecule has 3 aliphatic heterocycles. The second-order valence-electron chi connectivity index (χ2n) is 9.29. The fourth-order valence-corrected chi connectivity index (χ4v) is 4.98. The van der Waals surface area contributed by atoms with Crippen LogP contribution in [0.15, 0.2) is 29.2 Å². The Kier molecular flexibility index (Phi) is 4.93. The maximum Gasteiger partial charge on any atom is 0.343 e. The molecule has 0 saturated carbocycles. The van der Waals surface area contributed by atoms with Crippen LogP contribution in [0.4, 0.5) is 0 Å². The lowest BCUT2D eigenvalue weighted by Crippen LogP contribution is -2.50. The van der Waals surface area contributed by atoms with Crippen LogP contribution in [0.5, 0.6) is 11.5 Å². The van der Waals surface area contributed by atoms with Crippen LogP contribution < -0.4 is 19.9 Å². The van der Waals surface area contributed by atoms with E-state index in [0.29, 0.717) is 24.0 Å². The molecule has 0 aliphatic carbocycles. The number of rotatable bonds is 5. The molecule has 5 rings (SSSR count). The summed E-state index contributed by atoms with van der Waals surface area (Å²) in [4.78, 5) is 25.0. The van der Waals surface area contributed by atoms with Crippen LogP contribution in [-0.2, 0) is 9.47 Å². The highest BCUT2D eigenvalue weighted by Gasteiger charge is 2.45. The van der Waals surface area contributed by atoms with Crippen molar-refractivity contribution >= 4 is 5.97 Å². The van der Waals surface area contributed by atoms with Crippen LogP contribution in [0.25, 0.3) is 11.3 Å². The lowest BCUT2D eigenvalue weighted by atomic mass is 9.93. The third kappa shape index (κ3) is 3.16. The topological polar surface area (TPSA) is 79.2 Å². The van der Waals surface area contributed by atoms with Crippen LogP contribution in [0.3, 0.4) is 0 Å². The van der Waals surface area contributed by atoms with Crippen molar-refractivity contribution in [1.29, 1.82) is 0 Å². The van der Waals surface area contributed by atoms with E-state index in [9.17, 15) is 9.59 Å². The zero-order valence-corrected chi connectivity index (χ0v) is 18.8. The summed E-state index contributed by atoms with van der Waals surface area (Å²) in [7, 11) is 2.90. The van der Waals surface area contributed by atoms with Gasteiger partial charge in [0, 0.05) is 23.7 Å². The van der Waals surface area contributed by atoms with Gasteiger partial charge in [0.15, 0.2) is 16.9 Å². The zero-order chi connectivity index (χ0) is 22.6. The molecule has 1 aromatic carbocycles. The molecule has 0 bridgehead atoms. The zero-order valence-electron chi connectivity index (χ0n) is 18.8. The van der Waals surface area contributed by atoms with Gasteiger partial charge in [-0.3, -0.25) is 14.5 Å². The minimum absolute atomic E-state index is 0.0239. The molecule has 2 fully saturated rings. The summed E-state index contributed by atoms with van der Waals surface area (Å²) in [6, 6.07) is 5.59. The van der Waals surface area contributed by atoms with E-state index < -0.39 is 5.97 Å². The lowest BCUT2D eigenvalue weighted by Gasteiger charge is -2.44. The van der Waals surface area contributed by atoms with Crippen molar-refractivity contribution in [2.75, 3.05) is 39.0 Å². The average molecular weight is 440 g/mol. The molecular weight excluding hydrogens is 412 g/mol. The molecule has 32 heavy (non-hydrogen) atoms. The molecule has 0 amide bonds. The number of methoxy groups -OCH3 is 2. The molecule has 0 unspecified atom stereocenters. The number of hydrogen-bond donors (Lipinski definition) is 0. The molecule has 8 nitrogen and oxygen atoms in total. The van der Waals surface area contributed by atoms with E-state index in [-0.39, 0.29) is 22.6 Å². The van der Waals surface area contributed by atoms with Gasteiger partial charge in [-0.2, -0.15) is 0 Å². The molecule has 3 aliphatic rings. The predicted molar refractivity (Wildman–Crippen MR) is 118 cm³/mol. The Morgan fingerprint density at radius 2 is 1.97 bits per heavy atom. The number of carbonyl (C=O) groups is 1. The Hall–Kier alpha value is -3.00. The van der Waals surface area contributed by atoms with Crippen molar-refractivity contribution in [2.45, 2.75) is 38.3 Å². The number of benzene rings is 1. The van der Waals surface area contributed by atoms with Crippen molar-refractivity contribution < 1.29 is 23.7 Å². The quantitative estimate of drug-likeness (QED) is 0.662. The first-order valence-corrected chi connectivity index (χ1v) is 10.9. The molecule has 170 valence electrons.